The zero-order valence-corrected chi connectivity index (χ0v) is 12.7. The number of hydrogen-bond donors (Lipinski definition) is 1. The molecular formula is C17H19NOS. The first kappa shape index (κ1) is 13.4. The van der Waals surface area contributed by atoms with E-state index in [0.717, 1.165) is 24.3 Å². The molecule has 0 bridgehead atoms. The Hall–Kier alpha value is -1.58. The molecule has 0 radical (unpaired) electrons. The van der Waals surface area contributed by atoms with Crippen molar-refractivity contribution in [3.05, 3.63) is 58.0 Å². The zero-order chi connectivity index (χ0) is 13.9. The van der Waals surface area contributed by atoms with Crippen LogP contribution < -0.4 is 5.32 Å². The first-order valence-corrected chi connectivity index (χ1v) is 7.98. The molecule has 0 saturated heterocycles. The number of fused-ring (bicyclic) bond motifs is 1. The molecule has 0 aliphatic carbocycles. The Morgan fingerprint density at radius 1 is 1.25 bits per heavy atom. The molecule has 0 aliphatic heterocycles. The number of para-hydroxylation sites is 1. The molecule has 1 atom stereocenters. The molecule has 0 fully saturated rings. The van der Waals surface area contributed by atoms with Crippen LogP contribution in [0.4, 0.5) is 0 Å². The molecule has 3 heteroatoms. The summed E-state index contributed by atoms with van der Waals surface area (Å²) in [6.45, 7) is 5.33. The maximum Gasteiger partial charge on any atom is 0.134 e. The number of benzene rings is 1. The van der Waals surface area contributed by atoms with E-state index in [1.165, 1.54) is 16.5 Å². The highest BCUT2D eigenvalue weighted by Gasteiger charge is 2.20. The third-order valence-electron chi connectivity index (χ3n) is 3.53. The summed E-state index contributed by atoms with van der Waals surface area (Å²) in [5, 5.41) is 9.18. The molecule has 3 rings (SSSR count). The molecule has 2 nitrogen and oxygen atoms in total. The molecule has 0 aliphatic rings. The Kier molecular flexibility index (Phi) is 3.90. The minimum Gasteiger partial charge on any atom is -0.459 e. The van der Waals surface area contributed by atoms with E-state index in [2.05, 4.69) is 42.1 Å². The summed E-state index contributed by atoms with van der Waals surface area (Å²) in [6.07, 6.45) is 1.11. The predicted molar refractivity (Wildman–Crippen MR) is 85.4 cm³/mol. The van der Waals surface area contributed by atoms with Crippen molar-refractivity contribution in [2.75, 3.05) is 6.54 Å². The molecule has 2 aromatic heterocycles. The molecule has 1 N–H and O–H groups in total. The molecular weight excluding hydrogens is 266 g/mol. The van der Waals surface area contributed by atoms with Gasteiger partial charge in [-0.15, -0.1) is 0 Å². The van der Waals surface area contributed by atoms with E-state index >= 15 is 0 Å². The Morgan fingerprint density at radius 3 is 2.80 bits per heavy atom. The van der Waals surface area contributed by atoms with Gasteiger partial charge in [-0.25, -0.2) is 0 Å². The van der Waals surface area contributed by atoms with Gasteiger partial charge in [0.05, 0.1) is 6.04 Å². The third kappa shape index (κ3) is 2.51. The van der Waals surface area contributed by atoms with Gasteiger partial charge in [0.1, 0.15) is 11.3 Å². The highest BCUT2D eigenvalue weighted by Crippen LogP contribution is 2.31. The lowest BCUT2D eigenvalue weighted by molar-refractivity contribution is 0.469. The van der Waals surface area contributed by atoms with Crippen LogP contribution in [0.2, 0.25) is 0 Å². The van der Waals surface area contributed by atoms with Crippen molar-refractivity contribution >= 4 is 22.3 Å². The summed E-state index contributed by atoms with van der Waals surface area (Å²) < 4.78 is 6.05. The van der Waals surface area contributed by atoms with Crippen molar-refractivity contribution in [1.29, 1.82) is 0 Å². The van der Waals surface area contributed by atoms with E-state index in [-0.39, 0.29) is 6.04 Å². The van der Waals surface area contributed by atoms with Crippen LogP contribution >= 0.6 is 11.3 Å². The SMILES string of the molecule is CCCNC(c1cc2ccccc2o1)c1cscc1C. The number of hydrogen-bond acceptors (Lipinski definition) is 3. The van der Waals surface area contributed by atoms with Crippen molar-refractivity contribution in [3.63, 3.8) is 0 Å². The van der Waals surface area contributed by atoms with Crippen molar-refractivity contribution in [1.82, 2.24) is 5.32 Å². The number of thiophene rings is 1. The smallest absolute Gasteiger partial charge is 0.134 e. The summed E-state index contributed by atoms with van der Waals surface area (Å²) in [6, 6.07) is 10.5. The third-order valence-corrected chi connectivity index (χ3v) is 4.41. The molecule has 20 heavy (non-hydrogen) atoms. The number of rotatable bonds is 5. The topological polar surface area (TPSA) is 25.2 Å². The first-order valence-electron chi connectivity index (χ1n) is 7.04. The standard InChI is InChI=1S/C17H19NOS/c1-3-8-18-17(14-11-20-10-12(14)2)16-9-13-6-4-5-7-15(13)19-16/h4-7,9-11,17-18H,3,8H2,1-2H3. The molecule has 0 saturated carbocycles. The average molecular weight is 285 g/mol. The summed E-state index contributed by atoms with van der Waals surface area (Å²) in [7, 11) is 0. The van der Waals surface area contributed by atoms with Crippen LogP contribution in [0.1, 0.15) is 36.3 Å². The quantitative estimate of drug-likeness (QED) is 0.722. The monoisotopic (exact) mass is 285 g/mol. The van der Waals surface area contributed by atoms with E-state index in [4.69, 9.17) is 4.42 Å². The van der Waals surface area contributed by atoms with Crippen LogP contribution in [-0.2, 0) is 0 Å². The van der Waals surface area contributed by atoms with E-state index in [1.54, 1.807) is 11.3 Å². The Balaban J connectivity index is 2.02. The zero-order valence-electron chi connectivity index (χ0n) is 11.8. The van der Waals surface area contributed by atoms with Gasteiger partial charge in [-0.3, -0.25) is 0 Å². The van der Waals surface area contributed by atoms with Gasteiger partial charge in [-0.2, -0.15) is 11.3 Å². The normalized spacial score (nSPS) is 12.9. The molecule has 0 spiro atoms. The molecule has 2 heterocycles. The second kappa shape index (κ2) is 5.81. The van der Waals surface area contributed by atoms with Crippen LogP contribution in [0.15, 0.2) is 45.5 Å². The number of furan rings is 1. The van der Waals surface area contributed by atoms with Crippen molar-refractivity contribution < 1.29 is 4.42 Å². The van der Waals surface area contributed by atoms with Gasteiger partial charge in [0.15, 0.2) is 0 Å². The number of nitrogens with one attached hydrogen (secondary N) is 1. The fourth-order valence-corrected chi connectivity index (χ4v) is 3.34. The van der Waals surface area contributed by atoms with Crippen LogP contribution in [0.25, 0.3) is 11.0 Å². The summed E-state index contributed by atoms with van der Waals surface area (Å²) in [5.41, 5.74) is 3.60. The molecule has 1 unspecified atom stereocenters. The minimum atomic E-state index is 0.147. The van der Waals surface area contributed by atoms with Crippen LogP contribution in [0, 0.1) is 6.92 Å². The summed E-state index contributed by atoms with van der Waals surface area (Å²) in [5.74, 6) is 1.00. The Labute approximate surface area is 123 Å². The van der Waals surface area contributed by atoms with E-state index in [0.29, 0.717) is 0 Å². The van der Waals surface area contributed by atoms with E-state index in [1.807, 2.05) is 18.2 Å². The van der Waals surface area contributed by atoms with E-state index in [9.17, 15) is 0 Å². The predicted octanol–water partition coefficient (Wildman–Crippen LogP) is 4.89. The van der Waals surface area contributed by atoms with Crippen LogP contribution in [0.5, 0.6) is 0 Å². The van der Waals surface area contributed by atoms with Crippen molar-refractivity contribution in [2.45, 2.75) is 26.3 Å². The average Bonchev–Trinajstić information content (AvgIpc) is 3.06. The molecule has 0 amide bonds. The lowest BCUT2D eigenvalue weighted by atomic mass is 10.0. The molecule has 104 valence electrons. The molecule has 3 aromatic rings. The largest absolute Gasteiger partial charge is 0.459 e. The van der Waals surface area contributed by atoms with Gasteiger partial charge >= 0.3 is 0 Å². The Bertz CT molecular complexity index is 665. The second-order valence-corrected chi connectivity index (χ2v) is 5.83. The van der Waals surface area contributed by atoms with Gasteiger partial charge in [-0.1, -0.05) is 25.1 Å². The fourth-order valence-electron chi connectivity index (χ4n) is 2.46. The lowest BCUT2D eigenvalue weighted by Gasteiger charge is -2.16. The van der Waals surface area contributed by atoms with Crippen molar-refractivity contribution in [2.24, 2.45) is 0 Å². The van der Waals surface area contributed by atoms with Gasteiger partial charge < -0.3 is 9.73 Å². The molecule has 1 aromatic carbocycles. The summed E-state index contributed by atoms with van der Waals surface area (Å²) in [4.78, 5) is 0. The summed E-state index contributed by atoms with van der Waals surface area (Å²) >= 11 is 1.75. The van der Waals surface area contributed by atoms with E-state index < -0.39 is 0 Å². The second-order valence-electron chi connectivity index (χ2n) is 5.08. The Morgan fingerprint density at radius 2 is 2.10 bits per heavy atom. The highest BCUT2D eigenvalue weighted by atomic mass is 32.1. The van der Waals surface area contributed by atoms with Gasteiger partial charge in [0, 0.05) is 5.39 Å². The van der Waals surface area contributed by atoms with Gasteiger partial charge in [0.25, 0.3) is 0 Å². The van der Waals surface area contributed by atoms with Gasteiger partial charge in [-0.05, 0) is 53.9 Å². The lowest BCUT2D eigenvalue weighted by Crippen LogP contribution is -2.22. The first-order chi connectivity index (χ1) is 9.79. The maximum absolute atomic E-state index is 6.05. The maximum atomic E-state index is 6.05. The van der Waals surface area contributed by atoms with Gasteiger partial charge in [0.2, 0.25) is 0 Å². The minimum absolute atomic E-state index is 0.147. The van der Waals surface area contributed by atoms with Crippen LogP contribution in [-0.4, -0.2) is 6.54 Å². The fraction of sp³-hybridized carbons (Fsp3) is 0.294. The highest BCUT2D eigenvalue weighted by molar-refractivity contribution is 7.08. The number of aryl methyl sites for hydroxylation is 1. The van der Waals surface area contributed by atoms with Crippen molar-refractivity contribution in [3.8, 4) is 0 Å². The van der Waals surface area contributed by atoms with Crippen LogP contribution in [0.3, 0.4) is 0 Å².